The van der Waals surface area contributed by atoms with Gasteiger partial charge in [-0.15, -0.1) is 0 Å². The van der Waals surface area contributed by atoms with Crippen molar-refractivity contribution < 1.29 is 13.2 Å². The predicted molar refractivity (Wildman–Crippen MR) is 129 cm³/mol. The summed E-state index contributed by atoms with van der Waals surface area (Å²) >= 11 is 0. The maximum absolute atomic E-state index is 12.7. The number of aryl methyl sites for hydroxylation is 2. The van der Waals surface area contributed by atoms with Gasteiger partial charge in [-0.2, -0.15) is 0 Å². The van der Waals surface area contributed by atoms with Gasteiger partial charge in [-0.25, -0.2) is 18.2 Å². The predicted octanol–water partition coefficient (Wildman–Crippen LogP) is 1.99. The fraction of sp³-hybridized carbons (Fsp3) is 0.130. The van der Waals surface area contributed by atoms with Gasteiger partial charge in [0.2, 0.25) is 0 Å². The maximum atomic E-state index is 12.7. The number of aromatic nitrogens is 3. The standard InChI is InChI=1S/C23H21N5O5S/c1-14-4-10-17(11-5-14)34(32,33)26-16-8-6-15(7-9-16)24-21(29)19-13-12-18-20(25-19)27(2)23(31)28(3)22(18)30/h4-13,26H,1-3H3,(H,24,29). The third-order valence-corrected chi connectivity index (χ3v) is 6.66. The first-order valence-electron chi connectivity index (χ1n) is 10.1. The zero-order valence-electron chi connectivity index (χ0n) is 18.6. The van der Waals surface area contributed by atoms with Crippen LogP contribution >= 0.6 is 0 Å². The largest absolute Gasteiger partial charge is 0.332 e. The summed E-state index contributed by atoms with van der Waals surface area (Å²) in [5.74, 6) is -0.553. The molecule has 1 amide bonds. The maximum Gasteiger partial charge on any atom is 0.332 e. The number of hydrogen-bond donors (Lipinski definition) is 2. The summed E-state index contributed by atoms with van der Waals surface area (Å²) < 4.78 is 29.7. The fourth-order valence-corrected chi connectivity index (χ4v) is 4.39. The van der Waals surface area contributed by atoms with Crippen LogP contribution in [0.3, 0.4) is 0 Å². The lowest BCUT2D eigenvalue weighted by Gasteiger charge is -2.10. The molecule has 174 valence electrons. The van der Waals surface area contributed by atoms with E-state index >= 15 is 0 Å². The van der Waals surface area contributed by atoms with Crippen molar-refractivity contribution in [2.75, 3.05) is 10.0 Å². The van der Waals surface area contributed by atoms with Crippen LogP contribution in [-0.2, 0) is 24.1 Å². The highest BCUT2D eigenvalue weighted by molar-refractivity contribution is 7.92. The van der Waals surface area contributed by atoms with Gasteiger partial charge in [0.1, 0.15) is 11.3 Å². The molecule has 2 aromatic carbocycles. The van der Waals surface area contributed by atoms with E-state index in [1.54, 1.807) is 12.1 Å². The molecule has 0 aliphatic heterocycles. The van der Waals surface area contributed by atoms with Crippen LogP contribution < -0.4 is 21.3 Å². The summed E-state index contributed by atoms with van der Waals surface area (Å²) in [6.07, 6.45) is 0. The van der Waals surface area contributed by atoms with E-state index in [9.17, 15) is 22.8 Å². The summed E-state index contributed by atoms with van der Waals surface area (Å²) in [7, 11) is -0.909. The van der Waals surface area contributed by atoms with E-state index in [-0.39, 0.29) is 21.6 Å². The Hall–Kier alpha value is -4.25. The number of sulfonamides is 1. The molecule has 0 radical (unpaired) electrons. The zero-order chi connectivity index (χ0) is 24.6. The third-order valence-electron chi connectivity index (χ3n) is 5.26. The first kappa shape index (κ1) is 22.9. The normalized spacial score (nSPS) is 11.4. The number of amides is 1. The van der Waals surface area contributed by atoms with Crippen molar-refractivity contribution >= 4 is 38.3 Å². The van der Waals surface area contributed by atoms with Crippen LogP contribution in [0.1, 0.15) is 16.1 Å². The van der Waals surface area contributed by atoms with E-state index in [0.29, 0.717) is 11.4 Å². The first-order chi connectivity index (χ1) is 16.1. The number of hydrogen-bond acceptors (Lipinski definition) is 6. The number of anilines is 2. The van der Waals surface area contributed by atoms with Gasteiger partial charge < -0.3 is 5.32 Å². The number of nitrogens with one attached hydrogen (secondary N) is 2. The van der Waals surface area contributed by atoms with Gasteiger partial charge >= 0.3 is 5.69 Å². The summed E-state index contributed by atoms with van der Waals surface area (Å²) in [5.41, 5.74) is 0.745. The number of carbonyl (C=O) groups excluding carboxylic acids is 1. The van der Waals surface area contributed by atoms with Crippen molar-refractivity contribution in [3.05, 3.63) is 92.8 Å². The number of rotatable bonds is 5. The van der Waals surface area contributed by atoms with Crippen molar-refractivity contribution in [1.82, 2.24) is 14.1 Å². The second-order valence-corrected chi connectivity index (χ2v) is 9.41. The lowest BCUT2D eigenvalue weighted by molar-refractivity contribution is 0.102. The van der Waals surface area contributed by atoms with Crippen molar-refractivity contribution in [2.45, 2.75) is 11.8 Å². The molecule has 0 fully saturated rings. The molecule has 0 bridgehead atoms. The number of carbonyl (C=O) groups is 1. The minimum Gasteiger partial charge on any atom is -0.321 e. The minimum absolute atomic E-state index is 0.0138. The van der Waals surface area contributed by atoms with E-state index in [0.717, 1.165) is 10.1 Å². The van der Waals surface area contributed by atoms with Crippen LogP contribution in [0.4, 0.5) is 11.4 Å². The molecule has 2 N–H and O–H groups in total. The lowest BCUT2D eigenvalue weighted by atomic mass is 10.2. The first-order valence-corrected chi connectivity index (χ1v) is 11.6. The molecule has 11 heteroatoms. The Labute approximate surface area is 194 Å². The molecule has 0 spiro atoms. The number of pyridine rings is 1. The number of nitrogens with zero attached hydrogens (tertiary/aromatic N) is 3. The molecule has 10 nitrogen and oxygen atoms in total. The third kappa shape index (κ3) is 4.33. The number of benzene rings is 2. The Morgan fingerprint density at radius 3 is 2.12 bits per heavy atom. The van der Waals surface area contributed by atoms with Crippen LogP contribution in [0.5, 0.6) is 0 Å². The van der Waals surface area contributed by atoms with Crippen LogP contribution in [0, 0.1) is 6.92 Å². The van der Waals surface area contributed by atoms with Crippen LogP contribution in [0.25, 0.3) is 11.0 Å². The molecule has 0 saturated heterocycles. The highest BCUT2D eigenvalue weighted by Crippen LogP contribution is 2.19. The molecule has 4 rings (SSSR count). The average Bonchev–Trinajstić information content (AvgIpc) is 2.82. The summed E-state index contributed by atoms with van der Waals surface area (Å²) in [5, 5.41) is 2.88. The van der Waals surface area contributed by atoms with Gasteiger partial charge in [-0.05, 0) is 55.5 Å². The number of fused-ring (bicyclic) bond motifs is 1. The van der Waals surface area contributed by atoms with Crippen molar-refractivity contribution in [2.24, 2.45) is 14.1 Å². The minimum atomic E-state index is -3.75. The van der Waals surface area contributed by atoms with E-state index in [4.69, 9.17) is 0 Å². The van der Waals surface area contributed by atoms with E-state index in [2.05, 4.69) is 15.0 Å². The quantitative estimate of drug-likeness (QED) is 0.450. The molecule has 34 heavy (non-hydrogen) atoms. The monoisotopic (exact) mass is 479 g/mol. The molecule has 0 unspecified atom stereocenters. The topological polar surface area (TPSA) is 132 Å². The second kappa shape index (κ2) is 8.60. The van der Waals surface area contributed by atoms with E-state index < -0.39 is 27.2 Å². The Bertz CT molecular complexity index is 1640. The Morgan fingerprint density at radius 1 is 0.853 bits per heavy atom. The van der Waals surface area contributed by atoms with Crippen LogP contribution in [0.2, 0.25) is 0 Å². The second-order valence-electron chi connectivity index (χ2n) is 7.72. The lowest BCUT2D eigenvalue weighted by Crippen LogP contribution is -2.37. The Balaban J connectivity index is 1.53. The van der Waals surface area contributed by atoms with Crippen LogP contribution in [-0.4, -0.2) is 28.4 Å². The van der Waals surface area contributed by atoms with Crippen molar-refractivity contribution in [3.8, 4) is 0 Å². The van der Waals surface area contributed by atoms with Gasteiger partial charge in [-0.3, -0.25) is 23.4 Å². The van der Waals surface area contributed by atoms with E-state index in [1.165, 1.54) is 67.2 Å². The van der Waals surface area contributed by atoms with Gasteiger partial charge in [0.05, 0.1) is 10.3 Å². The Morgan fingerprint density at radius 2 is 1.47 bits per heavy atom. The van der Waals surface area contributed by atoms with E-state index in [1.807, 2.05) is 6.92 Å². The molecule has 0 aliphatic rings. The van der Waals surface area contributed by atoms with Gasteiger partial charge in [0.15, 0.2) is 0 Å². The zero-order valence-corrected chi connectivity index (χ0v) is 19.4. The molecule has 2 heterocycles. The summed E-state index contributed by atoms with van der Waals surface area (Å²) in [4.78, 5) is 41.4. The molecule has 0 aliphatic carbocycles. The van der Waals surface area contributed by atoms with Crippen LogP contribution in [0.15, 0.2) is 75.1 Å². The highest BCUT2D eigenvalue weighted by atomic mass is 32.2. The van der Waals surface area contributed by atoms with Gasteiger partial charge in [0, 0.05) is 25.5 Å². The molecule has 4 aromatic rings. The molecular weight excluding hydrogens is 458 g/mol. The molecule has 0 saturated carbocycles. The highest BCUT2D eigenvalue weighted by Gasteiger charge is 2.16. The SMILES string of the molecule is Cc1ccc(S(=O)(=O)Nc2ccc(NC(=O)c3ccc4c(=O)n(C)c(=O)n(C)c4n3)cc2)cc1. The molecule has 2 aromatic heterocycles. The molecular formula is C23H21N5O5S. The van der Waals surface area contributed by atoms with Gasteiger partial charge in [0.25, 0.3) is 21.5 Å². The fourth-order valence-electron chi connectivity index (χ4n) is 3.33. The summed E-state index contributed by atoms with van der Waals surface area (Å²) in [6.45, 7) is 1.87. The van der Waals surface area contributed by atoms with Gasteiger partial charge in [-0.1, -0.05) is 17.7 Å². The Kier molecular flexibility index (Phi) is 5.80. The van der Waals surface area contributed by atoms with Crippen molar-refractivity contribution in [3.63, 3.8) is 0 Å². The average molecular weight is 480 g/mol. The molecule has 0 atom stereocenters. The van der Waals surface area contributed by atoms with Crippen molar-refractivity contribution in [1.29, 1.82) is 0 Å². The summed E-state index contributed by atoms with van der Waals surface area (Å²) in [6, 6.07) is 15.4. The smallest absolute Gasteiger partial charge is 0.321 e.